The lowest BCUT2D eigenvalue weighted by molar-refractivity contribution is -0.123. The quantitative estimate of drug-likeness (QED) is 0.726. The Hall–Kier alpha value is -1.77. The van der Waals surface area contributed by atoms with Crippen molar-refractivity contribution in [2.75, 3.05) is 20.7 Å². The summed E-state index contributed by atoms with van der Waals surface area (Å²) in [5.41, 5.74) is 0.916. The minimum Gasteiger partial charge on any atom is -0.493 e. The van der Waals surface area contributed by atoms with Gasteiger partial charge in [0.2, 0.25) is 5.91 Å². The van der Waals surface area contributed by atoms with Gasteiger partial charge in [0.1, 0.15) is 5.75 Å². The molecule has 0 aliphatic carbocycles. The fourth-order valence-electron chi connectivity index (χ4n) is 1.22. The van der Waals surface area contributed by atoms with Gasteiger partial charge in [-0.05, 0) is 19.1 Å². The van der Waals surface area contributed by atoms with Crippen molar-refractivity contribution in [2.24, 2.45) is 0 Å². The van der Waals surface area contributed by atoms with E-state index in [4.69, 9.17) is 4.74 Å². The Bertz CT molecular complexity index is 383. The zero-order valence-corrected chi connectivity index (χ0v) is 9.93. The zero-order valence-electron chi connectivity index (χ0n) is 9.93. The number of amides is 1. The molecular weight excluding hydrogens is 202 g/mol. The van der Waals surface area contributed by atoms with Crippen molar-refractivity contribution in [1.29, 1.82) is 0 Å². The van der Waals surface area contributed by atoms with Crippen LogP contribution < -0.4 is 4.74 Å². The maximum absolute atomic E-state index is 11.4. The third-order valence-corrected chi connectivity index (χ3v) is 2.07. The Kier molecular flexibility index (Phi) is 4.58. The van der Waals surface area contributed by atoms with Crippen LogP contribution >= 0.6 is 0 Å². The number of carbonyl (C=O) groups is 1. The SMILES string of the molecule is CCOc1ccccc1C=CC(=O)N(C)C. The monoisotopic (exact) mass is 219 g/mol. The third kappa shape index (κ3) is 3.42. The summed E-state index contributed by atoms with van der Waals surface area (Å²) in [6.07, 6.45) is 3.31. The second-order valence-corrected chi connectivity index (χ2v) is 3.54. The topological polar surface area (TPSA) is 29.5 Å². The summed E-state index contributed by atoms with van der Waals surface area (Å²) in [6.45, 7) is 2.55. The van der Waals surface area contributed by atoms with Gasteiger partial charge in [0.15, 0.2) is 0 Å². The maximum atomic E-state index is 11.4. The van der Waals surface area contributed by atoms with Crippen molar-refractivity contribution in [1.82, 2.24) is 4.90 Å². The summed E-state index contributed by atoms with van der Waals surface area (Å²) in [5.74, 6) is 0.763. The van der Waals surface area contributed by atoms with Crippen LogP contribution in [0, 0.1) is 0 Å². The smallest absolute Gasteiger partial charge is 0.246 e. The average molecular weight is 219 g/mol. The molecule has 1 amide bonds. The van der Waals surface area contributed by atoms with Crippen molar-refractivity contribution in [2.45, 2.75) is 6.92 Å². The second-order valence-electron chi connectivity index (χ2n) is 3.54. The molecular formula is C13H17NO2. The van der Waals surface area contributed by atoms with E-state index in [1.165, 1.54) is 11.0 Å². The van der Waals surface area contributed by atoms with Crippen LogP contribution in [0.5, 0.6) is 5.75 Å². The minimum absolute atomic E-state index is 0.0358. The Morgan fingerprint density at radius 2 is 2.06 bits per heavy atom. The van der Waals surface area contributed by atoms with Crippen LogP contribution in [0.4, 0.5) is 0 Å². The fourth-order valence-corrected chi connectivity index (χ4v) is 1.22. The van der Waals surface area contributed by atoms with Gasteiger partial charge in [-0.3, -0.25) is 4.79 Å². The zero-order chi connectivity index (χ0) is 12.0. The molecule has 1 rings (SSSR count). The van der Waals surface area contributed by atoms with Gasteiger partial charge >= 0.3 is 0 Å². The molecule has 86 valence electrons. The van der Waals surface area contributed by atoms with Crippen LogP contribution in [0.25, 0.3) is 6.08 Å². The van der Waals surface area contributed by atoms with E-state index in [2.05, 4.69) is 0 Å². The maximum Gasteiger partial charge on any atom is 0.246 e. The van der Waals surface area contributed by atoms with Gasteiger partial charge in [-0.1, -0.05) is 18.2 Å². The molecule has 0 heterocycles. The number of nitrogens with zero attached hydrogens (tertiary/aromatic N) is 1. The molecule has 0 aliphatic rings. The Labute approximate surface area is 96.3 Å². The number of likely N-dealkylation sites (N-methyl/N-ethyl adjacent to an activating group) is 1. The van der Waals surface area contributed by atoms with Crippen molar-refractivity contribution in [3.8, 4) is 5.75 Å². The van der Waals surface area contributed by atoms with Crippen LogP contribution in [0.2, 0.25) is 0 Å². The molecule has 0 aliphatic heterocycles. The molecule has 16 heavy (non-hydrogen) atoms. The molecule has 1 aromatic rings. The number of para-hydroxylation sites is 1. The first-order chi connectivity index (χ1) is 7.65. The average Bonchev–Trinajstić information content (AvgIpc) is 2.27. The fraction of sp³-hybridized carbons (Fsp3) is 0.308. The molecule has 0 saturated heterocycles. The van der Waals surface area contributed by atoms with Crippen LogP contribution in [0.15, 0.2) is 30.3 Å². The highest BCUT2D eigenvalue weighted by Gasteiger charge is 2.00. The standard InChI is InChI=1S/C13H17NO2/c1-4-16-12-8-6-5-7-11(12)9-10-13(15)14(2)3/h5-10H,4H2,1-3H3. The molecule has 0 aromatic heterocycles. The predicted molar refractivity (Wildman–Crippen MR) is 65.3 cm³/mol. The Morgan fingerprint density at radius 1 is 1.38 bits per heavy atom. The lowest BCUT2D eigenvalue weighted by atomic mass is 10.2. The van der Waals surface area contributed by atoms with E-state index in [0.717, 1.165) is 11.3 Å². The highest BCUT2D eigenvalue weighted by atomic mass is 16.5. The largest absolute Gasteiger partial charge is 0.493 e. The first-order valence-electron chi connectivity index (χ1n) is 5.26. The molecule has 1 aromatic carbocycles. The second kappa shape index (κ2) is 5.95. The van der Waals surface area contributed by atoms with Crippen molar-refractivity contribution >= 4 is 12.0 Å². The van der Waals surface area contributed by atoms with E-state index >= 15 is 0 Å². The van der Waals surface area contributed by atoms with E-state index in [9.17, 15) is 4.79 Å². The number of hydrogen-bond acceptors (Lipinski definition) is 2. The van der Waals surface area contributed by atoms with Crippen molar-refractivity contribution in [3.05, 3.63) is 35.9 Å². The molecule has 0 N–H and O–H groups in total. The van der Waals surface area contributed by atoms with Crippen LogP contribution in [0.3, 0.4) is 0 Å². The minimum atomic E-state index is -0.0358. The van der Waals surface area contributed by atoms with Gasteiger partial charge in [-0.2, -0.15) is 0 Å². The molecule has 0 unspecified atom stereocenters. The first-order valence-corrected chi connectivity index (χ1v) is 5.26. The lowest BCUT2D eigenvalue weighted by Gasteiger charge is -2.07. The van der Waals surface area contributed by atoms with Gasteiger partial charge in [0.25, 0.3) is 0 Å². The first kappa shape index (κ1) is 12.3. The molecule has 0 fully saturated rings. The van der Waals surface area contributed by atoms with Crippen molar-refractivity contribution < 1.29 is 9.53 Å². The summed E-state index contributed by atoms with van der Waals surface area (Å²) in [4.78, 5) is 12.9. The van der Waals surface area contributed by atoms with Gasteiger partial charge < -0.3 is 9.64 Å². The van der Waals surface area contributed by atoms with Gasteiger partial charge in [0.05, 0.1) is 6.61 Å². The Morgan fingerprint density at radius 3 is 2.69 bits per heavy atom. The molecule has 0 radical (unpaired) electrons. The normalized spacial score (nSPS) is 10.4. The predicted octanol–water partition coefficient (Wildman–Crippen LogP) is 2.19. The summed E-state index contributed by atoms with van der Waals surface area (Å²) >= 11 is 0. The van der Waals surface area contributed by atoms with Crippen LogP contribution in [-0.2, 0) is 4.79 Å². The summed E-state index contributed by atoms with van der Waals surface area (Å²) in [5, 5.41) is 0. The molecule has 3 heteroatoms. The van der Waals surface area contributed by atoms with Gasteiger partial charge in [-0.25, -0.2) is 0 Å². The molecule has 0 atom stereocenters. The summed E-state index contributed by atoms with van der Waals surface area (Å²) in [7, 11) is 3.45. The van der Waals surface area contributed by atoms with Crippen LogP contribution in [0.1, 0.15) is 12.5 Å². The highest BCUT2D eigenvalue weighted by molar-refractivity contribution is 5.91. The number of benzene rings is 1. The van der Waals surface area contributed by atoms with Crippen LogP contribution in [-0.4, -0.2) is 31.5 Å². The number of ether oxygens (including phenoxy) is 1. The van der Waals surface area contributed by atoms with Crippen molar-refractivity contribution in [3.63, 3.8) is 0 Å². The summed E-state index contributed by atoms with van der Waals surface area (Å²) < 4.78 is 5.45. The molecule has 3 nitrogen and oxygen atoms in total. The number of hydrogen-bond donors (Lipinski definition) is 0. The van der Waals surface area contributed by atoms with E-state index in [-0.39, 0.29) is 5.91 Å². The Balaban J connectivity index is 2.83. The van der Waals surface area contributed by atoms with Gasteiger partial charge in [0, 0.05) is 25.7 Å². The molecule has 0 bridgehead atoms. The summed E-state index contributed by atoms with van der Waals surface area (Å²) in [6, 6.07) is 7.65. The van der Waals surface area contributed by atoms with Gasteiger partial charge in [-0.15, -0.1) is 0 Å². The number of rotatable bonds is 4. The van der Waals surface area contributed by atoms with E-state index < -0.39 is 0 Å². The lowest BCUT2D eigenvalue weighted by Crippen LogP contribution is -2.18. The highest BCUT2D eigenvalue weighted by Crippen LogP contribution is 2.19. The molecule has 0 saturated carbocycles. The van der Waals surface area contributed by atoms with E-state index in [0.29, 0.717) is 6.61 Å². The third-order valence-electron chi connectivity index (χ3n) is 2.07. The van der Waals surface area contributed by atoms with E-state index in [1.807, 2.05) is 31.2 Å². The van der Waals surface area contributed by atoms with E-state index in [1.54, 1.807) is 20.2 Å². The number of carbonyl (C=O) groups excluding carboxylic acids is 1. The molecule has 0 spiro atoms.